The molecule has 1 atom stereocenters. The molecule has 1 aliphatic rings. The quantitative estimate of drug-likeness (QED) is 0.858. The van der Waals surface area contributed by atoms with E-state index in [-0.39, 0.29) is 0 Å². The zero-order chi connectivity index (χ0) is 13.9. The zero-order valence-corrected chi connectivity index (χ0v) is 11.2. The van der Waals surface area contributed by atoms with Gasteiger partial charge in [-0.15, -0.1) is 0 Å². The van der Waals surface area contributed by atoms with Gasteiger partial charge >= 0.3 is 0 Å². The van der Waals surface area contributed by atoms with Crippen LogP contribution in [0, 0.1) is 0 Å². The normalized spacial score (nSPS) is 18.3. The lowest BCUT2D eigenvalue weighted by molar-refractivity contribution is 0.363. The van der Waals surface area contributed by atoms with Crippen molar-refractivity contribution >= 4 is 5.82 Å². The minimum atomic E-state index is -0.812. The van der Waals surface area contributed by atoms with Gasteiger partial charge in [0.2, 0.25) is 0 Å². The maximum atomic E-state index is 13.4. The first-order valence-corrected chi connectivity index (χ1v) is 6.49. The topological polar surface area (TPSA) is 51.1 Å². The van der Waals surface area contributed by atoms with Crippen LogP contribution in [-0.2, 0) is 0 Å². The number of hydrogen-bond donors (Lipinski definition) is 0. The summed E-state index contributed by atoms with van der Waals surface area (Å²) in [6.45, 7) is 0.977. The van der Waals surface area contributed by atoms with Crippen molar-refractivity contribution in [2.24, 2.45) is 0 Å². The molecule has 104 valence electrons. The summed E-state index contributed by atoms with van der Waals surface area (Å²) in [6.07, 6.45) is 3.01. The van der Waals surface area contributed by atoms with E-state index in [0.29, 0.717) is 42.6 Å². The summed E-state index contributed by atoms with van der Waals surface area (Å²) in [5.74, 6) is 1.70. The molecule has 2 aromatic heterocycles. The fraction of sp³-hybridized carbons (Fsp3) is 0.357. The number of nitrogens with zero attached hydrogens (tertiary/aromatic N) is 4. The maximum Gasteiger partial charge on any atom is 0.180 e. The largest absolute Gasteiger partial charge is 0.491 e. The van der Waals surface area contributed by atoms with Crippen molar-refractivity contribution in [2.45, 2.75) is 12.6 Å². The van der Waals surface area contributed by atoms with Crippen LogP contribution in [0.1, 0.15) is 6.42 Å². The smallest absolute Gasteiger partial charge is 0.180 e. The first-order valence-electron chi connectivity index (χ1n) is 6.49. The minimum absolute atomic E-state index is 0.342. The molecule has 0 bridgehead atoms. The third-order valence-corrected chi connectivity index (χ3v) is 3.28. The Hall–Kier alpha value is -2.24. The van der Waals surface area contributed by atoms with Crippen molar-refractivity contribution in [1.29, 1.82) is 0 Å². The average Bonchev–Trinajstić information content (AvgIpc) is 2.94. The monoisotopic (exact) mass is 274 g/mol. The minimum Gasteiger partial charge on any atom is -0.491 e. The molecule has 1 unspecified atom stereocenters. The SMILES string of the molecule is COc1cnc(-c2ccccn2)nc1N1CCC(F)C1. The van der Waals surface area contributed by atoms with Gasteiger partial charge in [-0.25, -0.2) is 14.4 Å². The van der Waals surface area contributed by atoms with Crippen molar-refractivity contribution in [3.05, 3.63) is 30.6 Å². The number of ether oxygens (including phenoxy) is 1. The van der Waals surface area contributed by atoms with Crippen molar-refractivity contribution in [2.75, 3.05) is 25.1 Å². The summed E-state index contributed by atoms with van der Waals surface area (Å²) in [4.78, 5) is 14.9. The molecule has 0 radical (unpaired) electrons. The first kappa shape index (κ1) is 12.8. The molecule has 0 spiro atoms. The van der Waals surface area contributed by atoms with Crippen LogP contribution in [0.2, 0.25) is 0 Å². The highest BCUT2D eigenvalue weighted by Crippen LogP contribution is 2.30. The van der Waals surface area contributed by atoms with Gasteiger partial charge in [-0.05, 0) is 18.6 Å². The second-order valence-corrected chi connectivity index (χ2v) is 4.63. The van der Waals surface area contributed by atoms with E-state index in [1.165, 1.54) is 0 Å². The van der Waals surface area contributed by atoms with Crippen LogP contribution in [0.3, 0.4) is 0 Å². The van der Waals surface area contributed by atoms with Gasteiger partial charge in [-0.3, -0.25) is 4.98 Å². The molecule has 0 saturated carbocycles. The molecule has 0 aliphatic carbocycles. The van der Waals surface area contributed by atoms with E-state index in [1.807, 2.05) is 23.1 Å². The Morgan fingerprint density at radius 2 is 2.25 bits per heavy atom. The van der Waals surface area contributed by atoms with Crippen molar-refractivity contribution < 1.29 is 9.13 Å². The second-order valence-electron chi connectivity index (χ2n) is 4.63. The van der Waals surface area contributed by atoms with Crippen molar-refractivity contribution in [3.8, 4) is 17.3 Å². The summed E-state index contributed by atoms with van der Waals surface area (Å²) in [5.41, 5.74) is 0.687. The molecule has 0 amide bonds. The Labute approximate surface area is 116 Å². The van der Waals surface area contributed by atoms with Crippen LogP contribution in [0.5, 0.6) is 5.75 Å². The van der Waals surface area contributed by atoms with Gasteiger partial charge < -0.3 is 9.64 Å². The first-order chi connectivity index (χ1) is 9.78. The van der Waals surface area contributed by atoms with Gasteiger partial charge in [0.15, 0.2) is 17.4 Å². The van der Waals surface area contributed by atoms with Crippen LogP contribution in [0.15, 0.2) is 30.6 Å². The average molecular weight is 274 g/mol. The molecule has 3 heterocycles. The van der Waals surface area contributed by atoms with E-state index in [1.54, 1.807) is 19.5 Å². The fourth-order valence-electron chi connectivity index (χ4n) is 2.26. The van der Waals surface area contributed by atoms with Crippen LogP contribution >= 0.6 is 0 Å². The number of alkyl halides is 1. The van der Waals surface area contributed by atoms with E-state index in [4.69, 9.17) is 4.74 Å². The van der Waals surface area contributed by atoms with E-state index >= 15 is 0 Å². The van der Waals surface area contributed by atoms with Gasteiger partial charge in [-0.1, -0.05) is 6.07 Å². The van der Waals surface area contributed by atoms with Gasteiger partial charge in [-0.2, -0.15) is 0 Å². The Bertz CT molecular complexity index is 593. The molecule has 3 rings (SSSR count). The summed E-state index contributed by atoms with van der Waals surface area (Å²) in [6, 6.07) is 5.55. The summed E-state index contributed by atoms with van der Waals surface area (Å²) in [5, 5.41) is 0. The lowest BCUT2D eigenvalue weighted by Gasteiger charge is -2.19. The second kappa shape index (κ2) is 5.40. The van der Waals surface area contributed by atoms with Gasteiger partial charge in [0.05, 0.1) is 19.9 Å². The number of rotatable bonds is 3. The van der Waals surface area contributed by atoms with E-state index in [9.17, 15) is 4.39 Å². The molecule has 6 heteroatoms. The van der Waals surface area contributed by atoms with Crippen LogP contribution in [0.25, 0.3) is 11.5 Å². The maximum absolute atomic E-state index is 13.4. The number of anilines is 1. The number of halogens is 1. The Morgan fingerprint density at radius 3 is 2.90 bits per heavy atom. The molecule has 2 aromatic rings. The standard InChI is InChI=1S/C14H15FN4O/c1-20-12-8-17-13(11-4-2-3-6-16-11)18-14(12)19-7-5-10(15)9-19/h2-4,6,8,10H,5,7,9H2,1H3. The van der Waals surface area contributed by atoms with Crippen molar-refractivity contribution in [1.82, 2.24) is 15.0 Å². The Morgan fingerprint density at radius 1 is 1.35 bits per heavy atom. The number of aromatic nitrogens is 3. The summed E-state index contributed by atoms with van der Waals surface area (Å²) in [7, 11) is 1.56. The Kier molecular flexibility index (Phi) is 3.45. The lowest BCUT2D eigenvalue weighted by atomic mass is 10.3. The van der Waals surface area contributed by atoms with E-state index < -0.39 is 6.17 Å². The summed E-state index contributed by atoms with van der Waals surface area (Å²) >= 11 is 0. The molecule has 20 heavy (non-hydrogen) atoms. The van der Waals surface area contributed by atoms with Crippen LogP contribution in [-0.4, -0.2) is 41.3 Å². The van der Waals surface area contributed by atoms with Gasteiger partial charge in [0.25, 0.3) is 0 Å². The predicted octanol–water partition coefficient (Wildman–Crippen LogP) is 2.10. The lowest BCUT2D eigenvalue weighted by Crippen LogP contribution is -2.22. The third-order valence-electron chi connectivity index (χ3n) is 3.28. The van der Waals surface area contributed by atoms with Gasteiger partial charge in [0, 0.05) is 12.7 Å². The van der Waals surface area contributed by atoms with Crippen LogP contribution in [0.4, 0.5) is 10.2 Å². The molecular formula is C14H15FN4O. The van der Waals surface area contributed by atoms with E-state index in [0.717, 1.165) is 0 Å². The third kappa shape index (κ3) is 2.41. The fourth-order valence-corrected chi connectivity index (χ4v) is 2.26. The predicted molar refractivity (Wildman–Crippen MR) is 73.5 cm³/mol. The molecule has 1 saturated heterocycles. The zero-order valence-electron chi connectivity index (χ0n) is 11.2. The molecule has 1 fully saturated rings. The number of pyridine rings is 1. The van der Waals surface area contributed by atoms with E-state index in [2.05, 4.69) is 15.0 Å². The highest BCUT2D eigenvalue weighted by Gasteiger charge is 2.26. The Balaban J connectivity index is 1.99. The highest BCUT2D eigenvalue weighted by molar-refractivity contribution is 5.58. The number of hydrogen-bond acceptors (Lipinski definition) is 5. The molecule has 5 nitrogen and oxygen atoms in total. The number of methoxy groups -OCH3 is 1. The van der Waals surface area contributed by atoms with Crippen LogP contribution < -0.4 is 9.64 Å². The van der Waals surface area contributed by atoms with Crippen molar-refractivity contribution in [3.63, 3.8) is 0 Å². The van der Waals surface area contributed by atoms with Gasteiger partial charge in [0.1, 0.15) is 11.9 Å². The highest BCUT2D eigenvalue weighted by atomic mass is 19.1. The molecule has 1 aliphatic heterocycles. The molecular weight excluding hydrogens is 259 g/mol. The molecule has 0 N–H and O–H groups in total. The summed E-state index contributed by atoms with van der Waals surface area (Å²) < 4.78 is 18.7. The molecule has 0 aromatic carbocycles.